The van der Waals surface area contributed by atoms with Crippen molar-refractivity contribution < 1.29 is 9.53 Å². The van der Waals surface area contributed by atoms with E-state index in [0.29, 0.717) is 17.8 Å². The molecule has 0 radical (unpaired) electrons. The van der Waals surface area contributed by atoms with Crippen molar-refractivity contribution in [3.8, 4) is 5.75 Å². The van der Waals surface area contributed by atoms with E-state index in [9.17, 15) is 4.79 Å². The monoisotopic (exact) mass is 354 g/mol. The van der Waals surface area contributed by atoms with Crippen LogP contribution in [-0.2, 0) is 18.3 Å². The van der Waals surface area contributed by atoms with Crippen LogP contribution < -0.4 is 9.54 Å². The molecule has 5 heteroatoms. The Labute approximate surface area is 151 Å². The smallest absolute Gasteiger partial charge is 0.252 e. The van der Waals surface area contributed by atoms with Crippen LogP contribution in [0.3, 0.4) is 0 Å². The maximum atomic E-state index is 12.4. The average Bonchev–Trinajstić information content (AvgIpc) is 2.88. The molecule has 0 atom stereocenters. The Bertz CT molecular complexity index is 999. The molecule has 0 aliphatic rings. The van der Waals surface area contributed by atoms with Crippen LogP contribution in [0, 0.1) is 13.8 Å². The number of carbonyl (C=O) groups is 1. The van der Waals surface area contributed by atoms with Gasteiger partial charge in [0.05, 0.1) is 17.7 Å². The number of benzene rings is 2. The lowest BCUT2D eigenvalue weighted by molar-refractivity contribution is -0.117. The molecule has 0 saturated heterocycles. The molecule has 3 aromatic rings. The highest BCUT2D eigenvalue weighted by atomic mass is 32.1. The van der Waals surface area contributed by atoms with Crippen molar-refractivity contribution in [2.75, 3.05) is 6.61 Å². The van der Waals surface area contributed by atoms with E-state index in [-0.39, 0.29) is 5.91 Å². The van der Waals surface area contributed by atoms with Gasteiger partial charge in [0.2, 0.25) is 0 Å². The molecular weight excluding hydrogens is 332 g/mol. The molecule has 0 saturated carbocycles. The molecule has 0 aliphatic heterocycles. The maximum absolute atomic E-state index is 12.4. The molecule has 1 amide bonds. The number of amides is 1. The summed E-state index contributed by atoms with van der Waals surface area (Å²) >= 11 is 1.50. The van der Waals surface area contributed by atoms with Gasteiger partial charge < -0.3 is 9.30 Å². The molecule has 0 bridgehead atoms. The molecule has 130 valence electrons. The molecule has 3 rings (SSSR count). The number of fused-ring (bicyclic) bond motifs is 1. The van der Waals surface area contributed by atoms with Crippen LogP contribution in [0.1, 0.15) is 23.6 Å². The molecule has 2 aromatic carbocycles. The fraction of sp³-hybridized carbons (Fsp3) is 0.300. The van der Waals surface area contributed by atoms with Crippen molar-refractivity contribution in [3.05, 3.63) is 57.9 Å². The highest BCUT2D eigenvalue weighted by Crippen LogP contribution is 2.26. The van der Waals surface area contributed by atoms with Crippen molar-refractivity contribution in [1.29, 1.82) is 0 Å². The molecule has 0 spiro atoms. The van der Waals surface area contributed by atoms with E-state index in [1.165, 1.54) is 22.5 Å². The Morgan fingerprint density at radius 3 is 2.72 bits per heavy atom. The van der Waals surface area contributed by atoms with Crippen LogP contribution in [0.15, 0.2) is 41.4 Å². The summed E-state index contributed by atoms with van der Waals surface area (Å²) in [4.78, 5) is 17.4. The van der Waals surface area contributed by atoms with E-state index < -0.39 is 0 Å². The van der Waals surface area contributed by atoms with Crippen LogP contribution in [0.25, 0.3) is 10.2 Å². The quantitative estimate of drug-likeness (QED) is 0.713. The van der Waals surface area contributed by atoms with E-state index in [1.54, 1.807) is 0 Å². The minimum atomic E-state index is -0.136. The number of para-hydroxylation sites is 1. The van der Waals surface area contributed by atoms with E-state index in [0.717, 1.165) is 21.5 Å². The number of aromatic nitrogens is 1. The lowest BCUT2D eigenvalue weighted by Gasteiger charge is -2.05. The van der Waals surface area contributed by atoms with Crippen LogP contribution in [0.5, 0.6) is 5.75 Å². The zero-order valence-electron chi connectivity index (χ0n) is 15.0. The number of rotatable bonds is 4. The summed E-state index contributed by atoms with van der Waals surface area (Å²) in [5, 5.41) is 0. The van der Waals surface area contributed by atoms with E-state index >= 15 is 0 Å². The molecule has 0 fully saturated rings. The third-order valence-electron chi connectivity index (χ3n) is 4.23. The topological polar surface area (TPSA) is 43.6 Å². The predicted molar refractivity (Wildman–Crippen MR) is 102 cm³/mol. The Kier molecular flexibility index (Phi) is 5.04. The van der Waals surface area contributed by atoms with Crippen molar-refractivity contribution in [3.63, 3.8) is 0 Å². The van der Waals surface area contributed by atoms with Gasteiger partial charge in [0, 0.05) is 7.05 Å². The van der Waals surface area contributed by atoms with E-state index in [2.05, 4.69) is 24.9 Å². The number of carbonyl (C=O) groups excluding carboxylic acids is 1. The molecule has 4 nitrogen and oxygen atoms in total. The highest BCUT2D eigenvalue weighted by molar-refractivity contribution is 7.16. The van der Waals surface area contributed by atoms with Gasteiger partial charge in [-0.15, -0.1) is 0 Å². The van der Waals surface area contributed by atoms with Gasteiger partial charge in [0.15, 0.2) is 4.80 Å². The van der Waals surface area contributed by atoms with Crippen LogP contribution in [0.4, 0.5) is 0 Å². The average molecular weight is 354 g/mol. The van der Waals surface area contributed by atoms with E-state index in [1.807, 2.05) is 48.9 Å². The number of hydrogen-bond donors (Lipinski definition) is 0. The summed E-state index contributed by atoms with van der Waals surface area (Å²) in [6.07, 6.45) is 0.313. The third kappa shape index (κ3) is 3.66. The number of nitrogens with zero attached hydrogens (tertiary/aromatic N) is 2. The zero-order valence-corrected chi connectivity index (χ0v) is 15.8. The van der Waals surface area contributed by atoms with Gasteiger partial charge in [-0.1, -0.05) is 35.6 Å². The normalized spacial score (nSPS) is 11.9. The minimum absolute atomic E-state index is 0.136. The van der Waals surface area contributed by atoms with Gasteiger partial charge >= 0.3 is 0 Å². The van der Waals surface area contributed by atoms with Gasteiger partial charge in [-0.3, -0.25) is 4.79 Å². The Morgan fingerprint density at radius 1 is 1.20 bits per heavy atom. The van der Waals surface area contributed by atoms with Crippen LogP contribution in [0.2, 0.25) is 0 Å². The lowest BCUT2D eigenvalue weighted by atomic mass is 10.0. The first kappa shape index (κ1) is 17.4. The zero-order chi connectivity index (χ0) is 18.0. The number of aryl methyl sites for hydroxylation is 3. The molecule has 0 unspecified atom stereocenters. The van der Waals surface area contributed by atoms with Crippen LogP contribution >= 0.6 is 11.3 Å². The third-order valence-corrected chi connectivity index (χ3v) is 5.33. The Hall–Kier alpha value is -2.40. The van der Waals surface area contributed by atoms with E-state index in [4.69, 9.17) is 4.74 Å². The molecule has 0 N–H and O–H groups in total. The van der Waals surface area contributed by atoms with Gasteiger partial charge in [0.25, 0.3) is 5.91 Å². The van der Waals surface area contributed by atoms with Crippen molar-refractivity contribution >= 4 is 27.5 Å². The first-order valence-electron chi connectivity index (χ1n) is 8.34. The van der Waals surface area contributed by atoms with Crippen molar-refractivity contribution in [1.82, 2.24) is 4.57 Å². The summed E-state index contributed by atoms with van der Waals surface area (Å²) < 4.78 is 8.69. The van der Waals surface area contributed by atoms with Crippen LogP contribution in [-0.4, -0.2) is 17.1 Å². The summed E-state index contributed by atoms with van der Waals surface area (Å²) in [6, 6.07) is 12.0. The molecule has 1 heterocycles. The maximum Gasteiger partial charge on any atom is 0.252 e. The lowest BCUT2D eigenvalue weighted by Crippen LogP contribution is -2.14. The number of hydrogen-bond acceptors (Lipinski definition) is 3. The summed E-state index contributed by atoms with van der Waals surface area (Å²) in [5.74, 6) is 0.685. The van der Waals surface area contributed by atoms with Crippen molar-refractivity contribution in [2.24, 2.45) is 12.0 Å². The summed E-state index contributed by atoms with van der Waals surface area (Å²) in [6.45, 7) is 6.69. The first-order valence-corrected chi connectivity index (χ1v) is 9.16. The number of ether oxygens (including phenoxy) is 1. The second-order valence-electron chi connectivity index (χ2n) is 6.08. The fourth-order valence-corrected chi connectivity index (χ4v) is 3.83. The number of thiazole rings is 1. The second-order valence-corrected chi connectivity index (χ2v) is 7.09. The Balaban J connectivity index is 1.95. The molecule has 25 heavy (non-hydrogen) atoms. The minimum Gasteiger partial charge on any atom is -0.492 e. The largest absolute Gasteiger partial charge is 0.492 e. The molecular formula is C20H22N2O2S. The first-order chi connectivity index (χ1) is 12.0. The van der Waals surface area contributed by atoms with Gasteiger partial charge in [0.1, 0.15) is 11.3 Å². The van der Waals surface area contributed by atoms with Crippen molar-refractivity contribution in [2.45, 2.75) is 27.2 Å². The summed E-state index contributed by atoms with van der Waals surface area (Å²) in [7, 11) is 1.92. The SMILES string of the molecule is CCOc1cccc2sc(=NC(=O)Cc3ccc(C)c(C)c3)n(C)c12. The van der Waals surface area contributed by atoms with Gasteiger partial charge in [-0.05, 0) is 49.6 Å². The summed E-state index contributed by atoms with van der Waals surface area (Å²) in [5.41, 5.74) is 4.40. The van der Waals surface area contributed by atoms with Gasteiger partial charge in [-0.2, -0.15) is 4.99 Å². The Morgan fingerprint density at radius 2 is 2.00 bits per heavy atom. The highest BCUT2D eigenvalue weighted by Gasteiger charge is 2.10. The molecule has 0 aliphatic carbocycles. The van der Waals surface area contributed by atoms with Gasteiger partial charge in [-0.25, -0.2) is 0 Å². The standard InChI is InChI=1S/C20H22N2O2S/c1-5-24-16-7-6-8-17-19(16)22(4)20(25-17)21-18(23)12-15-10-9-13(2)14(3)11-15/h6-11H,5,12H2,1-4H3. The fourth-order valence-electron chi connectivity index (χ4n) is 2.78. The second kappa shape index (κ2) is 7.23. The molecule has 1 aromatic heterocycles. The predicted octanol–water partition coefficient (Wildman–Crippen LogP) is 3.93.